The van der Waals surface area contributed by atoms with Crippen LogP contribution in [0.15, 0.2) is 24.3 Å². The standard InChI is InChI=1S/C15H22N2O2S/c1-15(2,3)20-10-13(18)16-12-8-6-7-11(9-12)14(19)17(4)5/h6-9H,10H2,1-5H3,(H,16,18). The van der Waals surface area contributed by atoms with Crippen LogP contribution in [0, 0.1) is 0 Å². The van der Waals surface area contributed by atoms with Gasteiger partial charge in [-0.15, -0.1) is 11.8 Å². The normalized spacial score (nSPS) is 11.1. The summed E-state index contributed by atoms with van der Waals surface area (Å²) >= 11 is 1.59. The summed E-state index contributed by atoms with van der Waals surface area (Å²) in [5.41, 5.74) is 1.22. The van der Waals surface area contributed by atoms with Gasteiger partial charge in [-0.1, -0.05) is 26.8 Å². The SMILES string of the molecule is CN(C)C(=O)c1cccc(NC(=O)CSC(C)(C)C)c1. The third-order valence-electron chi connectivity index (χ3n) is 2.44. The Morgan fingerprint density at radius 3 is 2.45 bits per heavy atom. The lowest BCUT2D eigenvalue weighted by Gasteiger charge is -2.17. The van der Waals surface area contributed by atoms with E-state index in [4.69, 9.17) is 0 Å². The van der Waals surface area contributed by atoms with Crippen LogP contribution in [0.3, 0.4) is 0 Å². The summed E-state index contributed by atoms with van der Waals surface area (Å²) < 4.78 is 0.0556. The van der Waals surface area contributed by atoms with E-state index in [-0.39, 0.29) is 16.6 Å². The van der Waals surface area contributed by atoms with E-state index >= 15 is 0 Å². The molecular formula is C15H22N2O2S. The molecule has 0 aliphatic rings. The molecule has 5 heteroatoms. The molecule has 110 valence electrons. The minimum absolute atomic E-state index is 0.0556. The maximum Gasteiger partial charge on any atom is 0.253 e. The van der Waals surface area contributed by atoms with Crippen LogP contribution in [0.5, 0.6) is 0 Å². The van der Waals surface area contributed by atoms with E-state index in [0.717, 1.165) is 0 Å². The van der Waals surface area contributed by atoms with E-state index < -0.39 is 0 Å². The number of benzene rings is 1. The first kappa shape index (κ1) is 16.6. The van der Waals surface area contributed by atoms with Gasteiger partial charge < -0.3 is 10.2 Å². The van der Waals surface area contributed by atoms with E-state index in [1.54, 1.807) is 50.1 Å². The summed E-state index contributed by atoms with van der Waals surface area (Å²) in [6.45, 7) is 6.21. The van der Waals surface area contributed by atoms with Gasteiger partial charge in [0, 0.05) is 30.1 Å². The Morgan fingerprint density at radius 2 is 1.90 bits per heavy atom. The summed E-state index contributed by atoms with van der Waals surface area (Å²) in [5, 5.41) is 2.82. The molecule has 20 heavy (non-hydrogen) atoms. The molecule has 0 unspecified atom stereocenters. The van der Waals surface area contributed by atoms with Crippen molar-refractivity contribution in [3.05, 3.63) is 29.8 Å². The van der Waals surface area contributed by atoms with Gasteiger partial charge >= 0.3 is 0 Å². The van der Waals surface area contributed by atoms with Crippen LogP contribution in [-0.2, 0) is 4.79 Å². The molecule has 0 fully saturated rings. The smallest absolute Gasteiger partial charge is 0.253 e. The van der Waals surface area contributed by atoms with Gasteiger partial charge in [0.25, 0.3) is 5.91 Å². The number of amides is 2. The van der Waals surface area contributed by atoms with Crippen molar-refractivity contribution in [1.82, 2.24) is 4.90 Å². The molecule has 0 bridgehead atoms. The molecule has 0 spiro atoms. The number of nitrogens with zero attached hydrogens (tertiary/aromatic N) is 1. The van der Waals surface area contributed by atoms with Crippen LogP contribution in [0.4, 0.5) is 5.69 Å². The Hall–Kier alpha value is -1.49. The van der Waals surface area contributed by atoms with Crippen LogP contribution in [0.25, 0.3) is 0 Å². The zero-order chi connectivity index (χ0) is 15.3. The Bertz CT molecular complexity index is 493. The first-order chi connectivity index (χ1) is 9.19. The average molecular weight is 294 g/mol. The van der Waals surface area contributed by atoms with E-state index in [1.807, 2.05) is 0 Å². The fraction of sp³-hybridized carbons (Fsp3) is 0.467. The van der Waals surface area contributed by atoms with Crippen molar-refractivity contribution in [2.45, 2.75) is 25.5 Å². The predicted molar refractivity (Wildman–Crippen MR) is 85.3 cm³/mol. The predicted octanol–water partition coefficient (Wildman–Crippen LogP) is 2.86. The maximum atomic E-state index is 11.8. The van der Waals surface area contributed by atoms with Gasteiger partial charge in [0.1, 0.15) is 0 Å². The van der Waals surface area contributed by atoms with Crippen molar-refractivity contribution in [3.8, 4) is 0 Å². The molecule has 0 aliphatic heterocycles. The van der Waals surface area contributed by atoms with Crippen molar-refractivity contribution in [2.75, 3.05) is 25.2 Å². The van der Waals surface area contributed by atoms with E-state index in [9.17, 15) is 9.59 Å². The molecule has 0 aromatic heterocycles. The summed E-state index contributed by atoms with van der Waals surface area (Å²) in [4.78, 5) is 25.2. The number of hydrogen-bond donors (Lipinski definition) is 1. The van der Waals surface area contributed by atoms with Gasteiger partial charge in [-0.05, 0) is 18.2 Å². The Kier molecular flexibility index (Phi) is 5.62. The van der Waals surface area contributed by atoms with Gasteiger partial charge in [0.15, 0.2) is 0 Å². The molecule has 0 atom stereocenters. The molecule has 1 N–H and O–H groups in total. The van der Waals surface area contributed by atoms with Gasteiger partial charge in [-0.25, -0.2) is 0 Å². The summed E-state index contributed by atoms with van der Waals surface area (Å²) in [7, 11) is 3.40. The first-order valence-corrected chi connectivity index (χ1v) is 7.43. The third-order valence-corrected chi connectivity index (χ3v) is 3.71. The van der Waals surface area contributed by atoms with E-state index in [2.05, 4.69) is 26.1 Å². The average Bonchev–Trinajstić information content (AvgIpc) is 2.35. The van der Waals surface area contributed by atoms with Crippen molar-refractivity contribution >= 4 is 29.3 Å². The highest BCUT2D eigenvalue weighted by Crippen LogP contribution is 2.23. The van der Waals surface area contributed by atoms with Gasteiger partial charge in [0.2, 0.25) is 5.91 Å². The fourth-order valence-electron chi connectivity index (χ4n) is 1.47. The highest BCUT2D eigenvalue weighted by molar-refractivity contribution is 8.01. The minimum Gasteiger partial charge on any atom is -0.345 e. The molecule has 2 amide bonds. The summed E-state index contributed by atoms with van der Waals surface area (Å²) in [6, 6.07) is 6.99. The van der Waals surface area contributed by atoms with Crippen molar-refractivity contribution < 1.29 is 9.59 Å². The van der Waals surface area contributed by atoms with Crippen LogP contribution in [0.2, 0.25) is 0 Å². The second-order valence-electron chi connectivity index (χ2n) is 5.73. The Morgan fingerprint density at radius 1 is 1.25 bits per heavy atom. The highest BCUT2D eigenvalue weighted by atomic mass is 32.2. The molecular weight excluding hydrogens is 272 g/mol. The molecule has 0 heterocycles. The second kappa shape index (κ2) is 6.79. The van der Waals surface area contributed by atoms with Crippen LogP contribution >= 0.6 is 11.8 Å². The Labute approximate surface area is 124 Å². The van der Waals surface area contributed by atoms with Gasteiger partial charge in [-0.3, -0.25) is 9.59 Å². The molecule has 1 rings (SSSR count). The molecule has 0 saturated heterocycles. The van der Waals surface area contributed by atoms with Crippen LogP contribution < -0.4 is 5.32 Å². The molecule has 4 nitrogen and oxygen atoms in total. The fourth-order valence-corrected chi connectivity index (χ4v) is 2.10. The molecule has 1 aromatic rings. The number of carbonyl (C=O) groups is 2. The Balaban J connectivity index is 2.67. The lowest BCUT2D eigenvalue weighted by molar-refractivity contribution is -0.113. The van der Waals surface area contributed by atoms with Crippen LogP contribution in [-0.4, -0.2) is 41.3 Å². The largest absolute Gasteiger partial charge is 0.345 e. The lowest BCUT2D eigenvalue weighted by Crippen LogP contribution is -2.22. The third kappa shape index (κ3) is 5.65. The molecule has 1 aromatic carbocycles. The maximum absolute atomic E-state index is 11.8. The van der Waals surface area contributed by atoms with Crippen molar-refractivity contribution in [2.24, 2.45) is 0 Å². The second-order valence-corrected chi connectivity index (χ2v) is 7.53. The zero-order valence-electron chi connectivity index (χ0n) is 12.7. The number of anilines is 1. The quantitative estimate of drug-likeness (QED) is 0.929. The monoisotopic (exact) mass is 294 g/mol. The van der Waals surface area contributed by atoms with E-state index in [0.29, 0.717) is 17.0 Å². The zero-order valence-corrected chi connectivity index (χ0v) is 13.5. The van der Waals surface area contributed by atoms with Gasteiger partial charge in [0.05, 0.1) is 5.75 Å². The first-order valence-electron chi connectivity index (χ1n) is 6.44. The minimum atomic E-state index is -0.0786. The van der Waals surface area contributed by atoms with Crippen molar-refractivity contribution in [1.29, 1.82) is 0 Å². The molecule has 0 aliphatic carbocycles. The number of nitrogens with one attached hydrogen (secondary N) is 1. The van der Waals surface area contributed by atoms with E-state index in [1.165, 1.54) is 4.90 Å². The number of thioether (sulfide) groups is 1. The van der Waals surface area contributed by atoms with Crippen molar-refractivity contribution in [3.63, 3.8) is 0 Å². The highest BCUT2D eigenvalue weighted by Gasteiger charge is 2.14. The topological polar surface area (TPSA) is 49.4 Å². The number of carbonyl (C=O) groups excluding carboxylic acids is 2. The molecule has 0 radical (unpaired) electrons. The lowest BCUT2D eigenvalue weighted by atomic mass is 10.2. The molecule has 0 saturated carbocycles. The number of rotatable bonds is 4. The van der Waals surface area contributed by atoms with Gasteiger partial charge in [-0.2, -0.15) is 0 Å². The van der Waals surface area contributed by atoms with Crippen LogP contribution in [0.1, 0.15) is 31.1 Å². The summed E-state index contributed by atoms with van der Waals surface area (Å²) in [5.74, 6) is 0.263. The summed E-state index contributed by atoms with van der Waals surface area (Å²) in [6.07, 6.45) is 0. The number of hydrogen-bond acceptors (Lipinski definition) is 3.